The van der Waals surface area contributed by atoms with Gasteiger partial charge in [0.05, 0.1) is 6.26 Å². The van der Waals surface area contributed by atoms with Gasteiger partial charge in [0.15, 0.2) is 0 Å². The minimum Gasteiger partial charge on any atom is -0.464 e. The molecule has 1 aromatic heterocycles. The lowest BCUT2D eigenvalue weighted by atomic mass is 10.1. The van der Waals surface area contributed by atoms with Crippen molar-refractivity contribution in [1.82, 2.24) is 9.80 Å². The molecule has 2 heterocycles. The maximum absolute atomic E-state index is 12.3. The summed E-state index contributed by atoms with van der Waals surface area (Å²) in [7, 11) is 0. The first-order valence-electron chi connectivity index (χ1n) is 8.70. The molecule has 1 atom stereocenters. The summed E-state index contributed by atoms with van der Waals surface area (Å²) in [6.07, 6.45) is 1.45. The minimum atomic E-state index is -0.472. The zero-order valence-corrected chi connectivity index (χ0v) is 17.9. The third-order valence-electron chi connectivity index (χ3n) is 4.38. The van der Waals surface area contributed by atoms with E-state index in [0.29, 0.717) is 6.54 Å². The van der Waals surface area contributed by atoms with E-state index in [9.17, 15) is 4.79 Å². The van der Waals surface area contributed by atoms with E-state index in [-0.39, 0.29) is 36.9 Å². The third-order valence-corrected chi connectivity index (χ3v) is 4.38. The molecule has 152 valence electrons. The van der Waals surface area contributed by atoms with Crippen molar-refractivity contribution < 1.29 is 13.9 Å². The Bertz CT molecular complexity index is 773. The first kappa shape index (κ1) is 23.4. The molecule has 1 aromatic carbocycles. The van der Waals surface area contributed by atoms with Crippen molar-refractivity contribution in [1.29, 1.82) is 0 Å². The number of nitrogens with zero attached hydrogens (tertiary/aromatic N) is 2. The number of furan rings is 1. The maximum atomic E-state index is 12.3. The molecule has 3 rings (SSSR count). The van der Waals surface area contributed by atoms with Gasteiger partial charge < -0.3 is 19.8 Å². The number of nitrogen functional groups attached to an aromatic ring is 1. The van der Waals surface area contributed by atoms with Crippen LogP contribution in [0.25, 0.3) is 11.0 Å². The summed E-state index contributed by atoms with van der Waals surface area (Å²) in [5.74, 6) is 0. The molecule has 1 saturated heterocycles. The van der Waals surface area contributed by atoms with E-state index >= 15 is 0 Å². The fraction of sp³-hybridized carbons (Fsp3) is 0.526. The number of hydrogen-bond donors (Lipinski definition) is 1. The Morgan fingerprint density at radius 2 is 2.00 bits per heavy atom. The molecule has 27 heavy (non-hydrogen) atoms. The van der Waals surface area contributed by atoms with Gasteiger partial charge in [0.1, 0.15) is 11.2 Å². The zero-order valence-electron chi connectivity index (χ0n) is 16.2. The molecule has 0 spiro atoms. The Kier molecular flexibility index (Phi) is 7.84. The lowest BCUT2D eigenvalue weighted by Crippen LogP contribution is -2.54. The molecule has 1 amide bonds. The molecular weight excluding hydrogens is 389 g/mol. The molecule has 6 nitrogen and oxygen atoms in total. The normalized spacial score (nSPS) is 17.9. The molecule has 1 aliphatic heterocycles. The van der Waals surface area contributed by atoms with Crippen molar-refractivity contribution in [3.63, 3.8) is 0 Å². The third kappa shape index (κ3) is 5.67. The molecule has 0 bridgehead atoms. The molecule has 0 aliphatic carbocycles. The number of carbonyl (C=O) groups excluding carboxylic acids is 1. The molecule has 0 radical (unpaired) electrons. The number of amides is 1. The van der Waals surface area contributed by atoms with E-state index in [1.807, 2.05) is 43.9 Å². The smallest absolute Gasteiger partial charge is 0.410 e. The van der Waals surface area contributed by atoms with Crippen molar-refractivity contribution in [2.45, 2.75) is 45.9 Å². The Hall–Kier alpha value is -1.63. The van der Waals surface area contributed by atoms with Crippen molar-refractivity contribution in [2.75, 3.05) is 25.4 Å². The van der Waals surface area contributed by atoms with E-state index in [1.165, 1.54) is 0 Å². The molecule has 1 aliphatic rings. The Balaban J connectivity index is 0.00000182. The Labute approximate surface area is 172 Å². The predicted molar refractivity (Wildman–Crippen MR) is 113 cm³/mol. The van der Waals surface area contributed by atoms with Gasteiger partial charge in [0.2, 0.25) is 0 Å². The van der Waals surface area contributed by atoms with Crippen LogP contribution in [0.5, 0.6) is 0 Å². The second kappa shape index (κ2) is 9.04. The summed E-state index contributed by atoms with van der Waals surface area (Å²) in [6.45, 7) is 10.7. The van der Waals surface area contributed by atoms with E-state index in [4.69, 9.17) is 14.9 Å². The number of rotatable bonds is 2. The highest BCUT2D eigenvalue weighted by Gasteiger charge is 2.31. The number of benzene rings is 1. The standard InChI is InChI=1S/C19H27N3O3.2ClH/c1-13-11-21(6-7-22(13)18(23)25-19(2,3)4)12-15-10-16(20)9-14-5-8-24-17(14)15;;/h5,8-10,13H,6-7,11-12,20H2,1-4H3;2*1H. The van der Waals surface area contributed by atoms with Crippen LogP contribution in [0.3, 0.4) is 0 Å². The number of anilines is 1. The predicted octanol–water partition coefficient (Wildman–Crippen LogP) is 4.30. The number of fused-ring (bicyclic) bond motifs is 1. The van der Waals surface area contributed by atoms with Crippen LogP contribution in [-0.4, -0.2) is 47.2 Å². The van der Waals surface area contributed by atoms with Crippen LogP contribution < -0.4 is 5.73 Å². The van der Waals surface area contributed by atoms with Crippen LogP contribution >= 0.6 is 24.8 Å². The van der Waals surface area contributed by atoms with Gasteiger partial charge in [-0.2, -0.15) is 0 Å². The van der Waals surface area contributed by atoms with Crippen molar-refractivity contribution in [3.8, 4) is 0 Å². The van der Waals surface area contributed by atoms with Crippen LogP contribution in [0.2, 0.25) is 0 Å². The topological polar surface area (TPSA) is 71.9 Å². The summed E-state index contributed by atoms with van der Waals surface area (Å²) < 4.78 is 11.1. The quantitative estimate of drug-likeness (QED) is 0.737. The van der Waals surface area contributed by atoms with E-state index in [2.05, 4.69) is 11.8 Å². The molecule has 2 aromatic rings. The highest BCUT2D eigenvalue weighted by atomic mass is 35.5. The van der Waals surface area contributed by atoms with Crippen molar-refractivity contribution in [3.05, 3.63) is 30.0 Å². The fourth-order valence-corrected chi connectivity index (χ4v) is 3.31. The van der Waals surface area contributed by atoms with Crippen LogP contribution in [0.1, 0.15) is 33.3 Å². The first-order valence-corrected chi connectivity index (χ1v) is 8.70. The summed E-state index contributed by atoms with van der Waals surface area (Å²) in [5.41, 5.74) is 8.24. The second-order valence-corrected chi connectivity index (χ2v) is 7.78. The Morgan fingerprint density at radius 1 is 1.30 bits per heavy atom. The number of carbonyl (C=O) groups is 1. The number of hydrogen-bond acceptors (Lipinski definition) is 5. The number of halogens is 2. The maximum Gasteiger partial charge on any atom is 0.410 e. The summed E-state index contributed by atoms with van der Waals surface area (Å²) in [5, 5.41) is 1.02. The number of piperazine rings is 1. The highest BCUT2D eigenvalue weighted by molar-refractivity contribution is 5.85. The Morgan fingerprint density at radius 3 is 2.63 bits per heavy atom. The second-order valence-electron chi connectivity index (χ2n) is 7.78. The van der Waals surface area contributed by atoms with Gasteiger partial charge in [0, 0.05) is 48.9 Å². The lowest BCUT2D eigenvalue weighted by Gasteiger charge is -2.40. The number of nitrogens with two attached hydrogens (primary N) is 1. The van der Waals surface area contributed by atoms with Gasteiger partial charge in [-0.25, -0.2) is 4.79 Å². The minimum absolute atomic E-state index is 0. The van der Waals surface area contributed by atoms with Crippen LogP contribution in [0.4, 0.5) is 10.5 Å². The summed E-state index contributed by atoms with van der Waals surface area (Å²) in [4.78, 5) is 16.5. The average molecular weight is 418 g/mol. The van der Waals surface area contributed by atoms with Gasteiger partial charge >= 0.3 is 6.09 Å². The van der Waals surface area contributed by atoms with E-state index in [0.717, 1.165) is 41.9 Å². The van der Waals surface area contributed by atoms with Crippen molar-refractivity contribution in [2.24, 2.45) is 0 Å². The van der Waals surface area contributed by atoms with Gasteiger partial charge in [-0.3, -0.25) is 4.90 Å². The molecule has 0 saturated carbocycles. The monoisotopic (exact) mass is 417 g/mol. The van der Waals surface area contributed by atoms with Crippen molar-refractivity contribution >= 4 is 47.6 Å². The SMILES string of the molecule is CC1CN(Cc2cc(N)cc3ccoc23)CCN1C(=O)OC(C)(C)C.Cl.Cl. The molecule has 2 N–H and O–H groups in total. The molecule has 8 heteroatoms. The largest absolute Gasteiger partial charge is 0.464 e. The number of ether oxygens (including phenoxy) is 1. The zero-order chi connectivity index (χ0) is 18.2. The van der Waals surface area contributed by atoms with Gasteiger partial charge in [-0.1, -0.05) is 0 Å². The highest BCUT2D eigenvalue weighted by Crippen LogP contribution is 2.26. The van der Waals surface area contributed by atoms with Gasteiger partial charge in [-0.05, 0) is 45.9 Å². The van der Waals surface area contributed by atoms with E-state index in [1.54, 1.807) is 6.26 Å². The van der Waals surface area contributed by atoms with E-state index < -0.39 is 5.60 Å². The van der Waals surface area contributed by atoms with Crippen LogP contribution in [0.15, 0.2) is 28.9 Å². The van der Waals surface area contributed by atoms with Gasteiger partial charge in [0.25, 0.3) is 0 Å². The average Bonchev–Trinajstić information content (AvgIpc) is 2.93. The van der Waals surface area contributed by atoms with Crippen LogP contribution in [-0.2, 0) is 11.3 Å². The summed E-state index contributed by atoms with van der Waals surface area (Å²) in [6, 6.07) is 5.91. The van der Waals surface area contributed by atoms with Crippen LogP contribution in [0, 0.1) is 0 Å². The summed E-state index contributed by atoms with van der Waals surface area (Å²) >= 11 is 0. The fourth-order valence-electron chi connectivity index (χ4n) is 3.31. The first-order chi connectivity index (χ1) is 11.7. The molecular formula is C19H29Cl2N3O3. The molecule has 1 fully saturated rings. The molecule has 1 unspecified atom stereocenters. The lowest BCUT2D eigenvalue weighted by molar-refractivity contribution is 0.000573. The van der Waals surface area contributed by atoms with Gasteiger partial charge in [-0.15, -0.1) is 24.8 Å².